The van der Waals surface area contributed by atoms with Crippen LogP contribution in [0.4, 0.5) is 5.69 Å². The third-order valence-electron chi connectivity index (χ3n) is 4.33. The molecule has 0 radical (unpaired) electrons. The first-order chi connectivity index (χ1) is 10.9. The number of ether oxygens (including phenoxy) is 2. The van der Waals surface area contributed by atoms with Crippen LogP contribution in [0, 0.1) is 6.92 Å². The molecule has 1 atom stereocenters. The Morgan fingerprint density at radius 1 is 1.30 bits per heavy atom. The number of hydrogen-bond acceptors (Lipinski definition) is 5. The zero-order valence-electron chi connectivity index (χ0n) is 13.5. The summed E-state index contributed by atoms with van der Waals surface area (Å²) in [6.45, 7) is 2.19. The molecule has 23 heavy (non-hydrogen) atoms. The molecule has 122 valence electrons. The highest BCUT2D eigenvalue weighted by Gasteiger charge is 2.50. The molecule has 0 N–H and O–H groups in total. The summed E-state index contributed by atoms with van der Waals surface area (Å²) in [5.74, 6) is 0.461. The standard InChI is InChI=1S/C16H18ClN3O3/c1-9-18-12-8-11-13(7-10(12)14(17)19-9)20(2)15(21)16(11,23-4)5-6-22-3/h7-8H,5-6H2,1-4H3. The molecule has 1 aromatic carbocycles. The van der Waals surface area contributed by atoms with Crippen LogP contribution in [0.15, 0.2) is 12.1 Å². The van der Waals surface area contributed by atoms with E-state index in [-0.39, 0.29) is 5.91 Å². The molecule has 1 aliphatic rings. The van der Waals surface area contributed by atoms with Gasteiger partial charge in [0.25, 0.3) is 5.91 Å². The smallest absolute Gasteiger partial charge is 0.263 e. The molecular weight excluding hydrogens is 318 g/mol. The Kier molecular flexibility index (Phi) is 4.00. The number of anilines is 1. The predicted octanol–water partition coefficient (Wildman–Crippen LogP) is 2.45. The van der Waals surface area contributed by atoms with Crippen LogP contribution in [0.1, 0.15) is 17.8 Å². The maximum absolute atomic E-state index is 12.8. The van der Waals surface area contributed by atoms with E-state index in [2.05, 4.69) is 9.97 Å². The molecule has 1 unspecified atom stereocenters. The summed E-state index contributed by atoms with van der Waals surface area (Å²) in [6, 6.07) is 3.71. The molecule has 0 saturated carbocycles. The van der Waals surface area contributed by atoms with Crippen molar-refractivity contribution in [3.05, 3.63) is 28.7 Å². The Hall–Kier alpha value is -1.76. The van der Waals surface area contributed by atoms with Crippen LogP contribution in [0.2, 0.25) is 5.15 Å². The highest BCUT2D eigenvalue weighted by molar-refractivity contribution is 6.34. The van der Waals surface area contributed by atoms with Gasteiger partial charge in [0.2, 0.25) is 0 Å². The van der Waals surface area contributed by atoms with Crippen LogP contribution in [-0.4, -0.2) is 43.7 Å². The second-order valence-corrected chi connectivity index (χ2v) is 5.94. The molecule has 0 saturated heterocycles. The van der Waals surface area contributed by atoms with Crippen molar-refractivity contribution in [2.45, 2.75) is 18.9 Å². The lowest BCUT2D eigenvalue weighted by atomic mass is 9.91. The highest BCUT2D eigenvalue weighted by atomic mass is 35.5. The highest BCUT2D eigenvalue weighted by Crippen LogP contribution is 2.46. The van der Waals surface area contributed by atoms with Crippen molar-refractivity contribution in [3.63, 3.8) is 0 Å². The molecule has 2 heterocycles. The zero-order valence-corrected chi connectivity index (χ0v) is 14.3. The fraction of sp³-hybridized carbons (Fsp3) is 0.438. The number of amides is 1. The van der Waals surface area contributed by atoms with Crippen LogP contribution in [0.3, 0.4) is 0 Å². The molecule has 7 heteroatoms. The number of nitrogens with zero attached hydrogens (tertiary/aromatic N) is 3. The Morgan fingerprint density at radius 2 is 2.04 bits per heavy atom. The fourth-order valence-electron chi connectivity index (χ4n) is 3.12. The van der Waals surface area contributed by atoms with E-state index in [0.29, 0.717) is 34.9 Å². The summed E-state index contributed by atoms with van der Waals surface area (Å²) in [5.41, 5.74) is 1.18. The molecule has 0 spiro atoms. The summed E-state index contributed by atoms with van der Waals surface area (Å²) in [4.78, 5) is 23.0. The number of benzene rings is 1. The molecule has 6 nitrogen and oxygen atoms in total. The van der Waals surface area contributed by atoms with E-state index in [9.17, 15) is 4.79 Å². The van der Waals surface area contributed by atoms with Crippen LogP contribution in [0.25, 0.3) is 10.9 Å². The van der Waals surface area contributed by atoms with E-state index in [1.165, 1.54) is 0 Å². The average Bonchev–Trinajstić information content (AvgIpc) is 2.73. The first-order valence-corrected chi connectivity index (χ1v) is 7.63. The number of hydrogen-bond donors (Lipinski definition) is 0. The molecule has 1 aliphatic heterocycles. The fourth-order valence-corrected chi connectivity index (χ4v) is 3.39. The average molecular weight is 336 g/mol. The van der Waals surface area contributed by atoms with Crippen LogP contribution >= 0.6 is 11.6 Å². The van der Waals surface area contributed by atoms with Crippen LogP contribution in [-0.2, 0) is 19.9 Å². The molecule has 1 aromatic heterocycles. The minimum absolute atomic E-state index is 0.122. The Morgan fingerprint density at radius 3 is 2.70 bits per heavy atom. The van der Waals surface area contributed by atoms with E-state index >= 15 is 0 Å². The van der Waals surface area contributed by atoms with Gasteiger partial charge in [0, 0.05) is 45.2 Å². The number of carbonyl (C=O) groups excluding carboxylic acids is 1. The van der Waals surface area contributed by atoms with Gasteiger partial charge in [0.05, 0.1) is 11.2 Å². The van der Waals surface area contributed by atoms with Gasteiger partial charge >= 0.3 is 0 Å². The number of halogens is 1. The minimum Gasteiger partial charge on any atom is -0.385 e. The molecule has 0 aliphatic carbocycles. The van der Waals surface area contributed by atoms with Crippen molar-refractivity contribution in [2.75, 3.05) is 32.8 Å². The quantitative estimate of drug-likeness (QED) is 0.803. The lowest BCUT2D eigenvalue weighted by Crippen LogP contribution is -2.41. The van der Waals surface area contributed by atoms with Gasteiger partial charge in [0.15, 0.2) is 5.60 Å². The number of methoxy groups -OCH3 is 2. The monoisotopic (exact) mass is 335 g/mol. The Bertz CT molecular complexity index is 796. The van der Waals surface area contributed by atoms with Gasteiger partial charge < -0.3 is 14.4 Å². The second-order valence-electron chi connectivity index (χ2n) is 5.59. The number of fused-ring (bicyclic) bond motifs is 2. The van der Waals surface area contributed by atoms with E-state index in [4.69, 9.17) is 21.1 Å². The predicted molar refractivity (Wildman–Crippen MR) is 87.9 cm³/mol. The topological polar surface area (TPSA) is 64.6 Å². The summed E-state index contributed by atoms with van der Waals surface area (Å²) in [7, 11) is 4.87. The van der Waals surface area contributed by atoms with E-state index in [1.54, 1.807) is 33.1 Å². The molecular formula is C16H18ClN3O3. The molecule has 1 amide bonds. The van der Waals surface area contributed by atoms with Gasteiger partial charge in [-0.2, -0.15) is 0 Å². The van der Waals surface area contributed by atoms with Gasteiger partial charge in [-0.05, 0) is 19.1 Å². The minimum atomic E-state index is -1.06. The molecule has 0 fully saturated rings. The third kappa shape index (κ3) is 2.29. The van der Waals surface area contributed by atoms with Gasteiger partial charge in [-0.15, -0.1) is 0 Å². The lowest BCUT2D eigenvalue weighted by Gasteiger charge is -2.26. The number of likely N-dealkylation sites (N-methyl/N-ethyl adjacent to an activating group) is 1. The number of carbonyl (C=O) groups is 1. The summed E-state index contributed by atoms with van der Waals surface area (Å²) >= 11 is 6.23. The normalized spacial score (nSPS) is 20.4. The molecule has 3 rings (SSSR count). The van der Waals surface area contributed by atoms with Gasteiger partial charge in [-0.3, -0.25) is 4.79 Å². The van der Waals surface area contributed by atoms with E-state index < -0.39 is 5.60 Å². The van der Waals surface area contributed by atoms with Crippen molar-refractivity contribution in [1.82, 2.24) is 9.97 Å². The van der Waals surface area contributed by atoms with Gasteiger partial charge in [-0.25, -0.2) is 9.97 Å². The van der Waals surface area contributed by atoms with Gasteiger partial charge in [0.1, 0.15) is 11.0 Å². The summed E-state index contributed by atoms with van der Waals surface area (Å²) in [6.07, 6.45) is 0.430. The molecule has 2 aromatic rings. The van der Waals surface area contributed by atoms with Crippen LogP contribution < -0.4 is 4.90 Å². The van der Waals surface area contributed by atoms with E-state index in [0.717, 1.165) is 11.3 Å². The Labute approximate surface area is 139 Å². The first kappa shape index (κ1) is 16.1. The largest absolute Gasteiger partial charge is 0.385 e. The molecule has 0 bridgehead atoms. The second kappa shape index (κ2) is 5.70. The summed E-state index contributed by atoms with van der Waals surface area (Å²) in [5, 5.41) is 1.09. The lowest BCUT2D eigenvalue weighted by molar-refractivity contribution is -0.141. The van der Waals surface area contributed by atoms with Crippen molar-refractivity contribution >= 4 is 34.1 Å². The zero-order chi connectivity index (χ0) is 16.8. The van der Waals surface area contributed by atoms with Gasteiger partial charge in [-0.1, -0.05) is 11.6 Å². The first-order valence-electron chi connectivity index (χ1n) is 7.25. The number of aromatic nitrogens is 2. The van der Waals surface area contributed by atoms with Crippen molar-refractivity contribution < 1.29 is 14.3 Å². The van der Waals surface area contributed by atoms with E-state index in [1.807, 2.05) is 12.1 Å². The number of aryl methyl sites for hydroxylation is 1. The van der Waals surface area contributed by atoms with Crippen molar-refractivity contribution in [2.24, 2.45) is 0 Å². The van der Waals surface area contributed by atoms with Crippen LogP contribution in [0.5, 0.6) is 0 Å². The Balaban J connectivity index is 2.28. The maximum atomic E-state index is 12.8. The maximum Gasteiger partial charge on any atom is 0.263 e. The van der Waals surface area contributed by atoms with Crippen molar-refractivity contribution in [1.29, 1.82) is 0 Å². The SMILES string of the molecule is COCCC1(OC)C(=O)N(C)c2cc3c(Cl)nc(C)nc3cc21. The number of rotatable bonds is 4. The third-order valence-corrected chi connectivity index (χ3v) is 4.62. The summed E-state index contributed by atoms with van der Waals surface area (Å²) < 4.78 is 10.8. The van der Waals surface area contributed by atoms with Crippen molar-refractivity contribution in [3.8, 4) is 0 Å².